The molecule has 1 atom stereocenters. The molecule has 9 heteroatoms. The fraction of sp³-hybridized carbons (Fsp3) is 0.207. The third-order valence-corrected chi connectivity index (χ3v) is 8.43. The first kappa shape index (κ1) is 26.4. The van der Waals surface area contributed by atoms with E-state index >= 15 is 4.39 Å². The van der Waals surface area contributed by atoms with Crippen LogP contribution in [0.1, 0.15) is 42.7 Å². The lowest BCUT2D eigenvalue weighted by Crippen LogP contribution is -2.17. The van der Waals surface area contributed by atoms with E-state index in [1.165, 1.54) is 12.1 Å². The second kappa shape index (κ2) is 10.5. The van der Waals surface area contributed by atoms with Gasteiger partial charge in [0.2, 0.25) is 0 Å². The molecule has 1 aliphatic rings. The van der Waals surface area contributed by atoms with Crippen molar-refractivity contribution < 1.29 is 18.7 Å². The summed E-state index contributed by atoms with van der Waals surface area (Å²) < 4.78 is 25.3. The summed E-state index contributed by atoms with van der Waals surface area (Å²) in [7, 11) is 0. The van der Waals surface area contributed by atoms with Crippen LogP contribution in [0.15, 0.2) is 60.7 Å². The molecule has 0 bridgehead atoms. The number of amides is 1. The molecule has 0 aliphatic heterocycles. The number of halogens is 3. The number of hydrogen-bond acceptors (Lipinski definition) is 5. The van der Waals surface area contributed by atoms with E-state index in [-0.39, 0.29) is 11.0 Å². The fourth-order valence-electron chi connectivity index (χ4n) is 4.39. The summed E-state index contributed by atoms with van der Waals surface area (Å²) in [6.45, 7) is 3.43. The molecule has 38 heavy (non-hydrogen) atoms. The molecular weight excluding hydrogens is 546 g/mol. The Kier molecular flexibility index (Phi) is 7.27. The number of ether oxygens (including phenoxy) is 1. The first-order valence-electron chi connectivity index (χ1n) is 12.0. The number of rotatable bonds is 7. The normalized spacial score (nSPS) is 14.6. The van der Waals surface area contributed by atoms with Crippen molar-refractivity contribution >= 4 is 52.8 Å². The van der Waals surface area contributed by atoms with Gasteiger partial charge in [0.15, 0.2) is 0 Å². The fourth-order valence-corrected chi connectivity index (χ4v) is 5.82. The van der Waals surface area contributed by atoms with Crippen molar-refractivity contribution in [2.24, 2.45) is 0 Å². The molecule has 1 amide bonds. The summed E-state index contributed by atoms with van der Waals surface area (Å²) in [6, 6.07) is 17.5. The predicted molar refractivity (Wildman–Crippen MR) is 150 cm³/mol. The molecule has 1 fully saturated rings. The molecule has 0 spiro atoms. The van der Waals surface area contributed by atoms with Crippen LogP contribution in [-0.2, 0) is 14.9 Å². The monoisotopic (exact) mass is 568 g/mol. The zero-order chi connectivity index (χ0) is 27.0. The van der Waals surface area contributed by atoms with E-state index in [0.29, 0.717) is 37.4 Å². The van der Waals surface area contributed by atoms with Gasteiger partial charge >= 0.3 is 6.09 Å². The Morgan fingerprint density at radius 1 is 1.11 bits per heavy atom. The Balaban J connectivity index is 1.38. The van der Waals surface area contributed by atoms with E-state index in [4.69, 9.17) is 27.9 Å². The van der Waals surface area contributed by atoms with Crippen molar-refractivity contribution in [3.8, 4) is 21.6 Å². The number of nitrogens with zero attached hydrogens (tertiary/aromatic N) is 1. The highest BCUT2D eigenvalue weighted by atomic mass is 35.5. The number of aromatic nitrogens is 1. The van der Waals surface area contributed by atoms with Crippen LogP contribution in [0, 0.1) is 12.7 Å². The highest BCUT2D eigenvalue weighted by molar-refractivity contribution is 7.10. The van der Waals surface area contributed by atoms with Gasteiger partial charge in [-0.1, -0.05) is 65.7 Å². The lowest BCUT2D eigenvalue weighted by atomic mass is 9.94. The molecule has 0 radical (unpaired) electrons. The van der Waals surface area contributed by atoms with Crippen molar-refractivity contribution in [1.82, 2.24) is 4.37 Å². The number of aldehydes is 1. The Morgan fingerprint density at radius 3 is 2.47 bits per heavy atom. The Morgan fingerprint density at radius 2 is 1.82 bits per heavy atom. The Bertz CT molecular complexity index is 1530. The van der Waals surface area contributed by atoms with E-state index in [0.717, 1.165) is 41.8 Å². The van der Waals surface area contributed by atoms with E-state index in [1.807, 2.05) is 30.3 Å². The van der Waals surface area contributed by atoms with Crippen molar-refractivity contribution in [3.05, 3.63) is 93.3 Å². The predicted octanol–water partition coefficient (Wildman–Crippen LogP) is 8.77. The number of benzene rings is 3. The summed E-state index contributed by atoms with van der Waals surface area (Å²) in [5.41, 5.74) is 3.60. The van der Waals surface area contributed by atoms with Crippen molar-refractivity contribution in [1.29, 1.82) is 0 Å². The second-order valence-electron chi connectivity index (χ2n) is 9.33. The molecule has 1 heterocycles. The smallest absolute Gasteiger partial charge is 0.412 e. The van der Waals surface area contributed by atoms with Gasteiger partial charge in [-0.05, 0) is 67.5 Å². The van der Waals surface area contributed by atoms with Gasteiger partial charge in [-0.2, -0.15) is 4.37 Å². The molecule has 194 valence electrons. The van der Waals surface area contributed by atoms with E-state index < -0.39 is 18.0 Å². The summed E-state index contributed by atoms with van der Waals surface area (Å²) in [6.07, 6.45) is 1.37. The molecule has 5 rings (SSSR count). The lowest BCUT2D eigenvalue weighted by molar-refractivity contribution is -0.109. The third kappa shape index (κ3) is 5.06. The maximum atomic E-state index is 15.5. The van der Waals surface area contributed by atoms with Crippen LogP contribution in [0.2, 0.25) is 10.0 Å². The van der Waals surface area contributed by atoms with Crippen molar-refractivity contribution in [2.45, 2.75) is 38.2 Å². The number of anilines is 1. The van der Waals surface area contributed by atoms with Crippen LogP contribution in [0.25, 0.3) is 21.6 Å². The van der Waals surface area contributed by atoms with Gasteiger partial charge in [-0.25, -0.2) is 9.18 Å². The van der Waals surface area contributed by atoms with Crippen LogP contribution in [0.3, 0.4) is 0 Å². The zero-order valence-corrected chi connectivity index (χ0v) is 22.9. The van der Waals surface area contributed by atoms with E-state index in [9.17, 15) is 9.59 Å². The first-order valence-corrected chi connectivity index (χ1v) is 13.5. The van der Waals surface area contributed by atoms with Crippen LogP contribution < -0.4 is 5.32 Å². The van der Waals surface area contributed by atoms with Gasteiger partial charge < -0.3 is 9.53 Å². The maximum absolute atomic E-state index is 15.5. The van der Waals surface area contributed by atoms with Gasteiger partial charge in [0.25, 0.3) is 0 Å². The Hall–Kier alpha value is -3.26. The van der Waals surface area contributed by atoms with E-state index in [2.05, 4.69) is 9.69 Å². The zero-order valence-electron chi connectivity index (χ0n) is 20.6. The summed E-state index contributed by atoms with van der Waals surface area (Å²) in [5.74, 6) is -0.510. The standard InChI is InChI=1S/C29H23Cl2FN2O3S/c1-16-26(33-28(36)37-17(2)20-5-3-4-6-23(20)30)27(38-34-16)22-13-24(31)21(14-25(22)32)18-7-9-19(10-8-18)29(15-35)11-12-29/h3-10,13-15,17H,11-12H2,1-2H3,(H,33,36)/t17-/m1/s1. The van der Waals surface area contributed by atoms with Gasteiger partial charge in [0, 0.05) is 26.7 Å². The van der Waals surface area contributed by atoms with Crippen LogP contribution in [0.4, 0.5) is 14.9 Å². The molecule has 5 nitrogen and oxygen atoms in total. The van der Waals surface area contributed by atoms with Crippen molar-refractivity contribution in [3.63, 3.8) is 0 Å². The van der Waals surface area contributed by atoms with Gasteiger partial charge in [-0.15, -0.1) is 0 Å². The average molecular weight is 569 g/mol. The molecular formula is C29H23Cl2FN2O3S. The van der Waals surface area contributed by atoms with Crippen LogP contribution in [-0.4, -0.2) is 16.8 Å². The molecule has 3 aromatic carbocycles. The largest absolute Gasteiger partial charge is 0.441 e. The van der Waals surface area contributed by atoms with Gasteiger partial charge in [0.1, 0.15) is 18.2 Å². The van der Waals surface area contributed by atoms with Crippen molar-refractivity contribution in [2.75, 3.05) is 5.32 Å². The summed E-state index contributed by atoms with van der Waals surface area (Å²) >= 11 is 13.9. The quantitative estimate of drug-likeness (QED) is 0.226. The molecule has 0 saturated heterocycles. The lowest BCUT2D eigenvalue weighted by Gasteiger charge is -2.16. The van der Waals surface area contributed by atoms with Gasteiger partial charge in [0.05, 0.1) is 21.7 Å². The topological polar surface area (TPSA) is 68.3 Å². The van der Waals surface area contributed by atoms with Crippen LogP contribution in [0.5, 0.6) is 0 Å². The minimum absolute atomic E-state index is 0.216. The molecule has 1 N–H and O–H groups in total. The van der Waals surface area contributed by atoms with Gasteiger partial charge in [-0.3, -0.25) is 5.32 Å². The molecule has 4 aromatic rings. The number of carbonyl (C=O) groups excluding carboxylic acids is 2. The minimum atomic E-state index is -0.714. The average Bonchev–Trinajstić information content (AvgIpc) is 3.63. The number of nitrogens with one attached hydrogen (secondary N) is 1. The highest BCUT2D eigenvalue weighted by Crippen LogP contribution is 2.47. The third-order valence-electron chi connectivity index (χ3n) is 6.80. The number of aryl methyl sites for hydroxylation is 1. The highest BCUT2D eigenvalue weighted by Gasteiger charge is 2.44. The minimum Gasteiger partial charge on any atom is -0.441 e. The summed E-state index contributed by atoms with van der Waals surface area (Å²) in [5, 5.41) is 3.54. The molecule has 0 unspecified atom stereocenters. The van der Waals surface area contributed by atoms with E-state index in [1.54, 1.807) is 32.0 Å². The SMILES string of the molecule is Cc1nsc(-c2cc(Cl)c(-c3ccc(C4(C=O)CC4)cc3)cc2F)c1NC(=O)O[C@H](C)c1ccccc1Cl. The summed E-state index contributed by atoms with van der Waals surface area (Å²) in [4.78, 5) is 24.6. The molecule has 1 aliphatic carbocycles. The number of hydrogen-bond donors (Lipinski definition) is 1. The van der Waals surface area contributed by atoms with Crippen LogP contribution >= 0.6 is 34.7 Å². The number of carbonyl (C=O) groups is 2. The second-order valence-corrected chi connectivity index (χ2v) is 10.9. The maximum Gasteiger partial charge on any atom is 0.412 e. The Labute approximate surface area is 233 Å². The first-order chi connectivity index (χ1) is 18.2. The molecule has 1 aromatic heterocycles. The molecule has 1 saturated carbocycles.